The van der Waals surface area contributed by atoms with Crippen molar-refractivity contribution in [2.45, 2.75) is 63.2 Å². The summed E-state index contributed by atoms with van der Waals surface area (Å²) in [4.78, 5) is 6.79. The Labute approximate surface area is 175 Å². The van der Waals surface area contributed by atoms with Gasteiger partial charge in [-0.3, -0.25) is 4.90 Å². The van der Waals surface area contributed by atoms with Gasteiger partial charge < -0.3 is 14.0 Å². The number of piperidine rings is 1. The zero-order valence-electron chi connectivity index (χ0n) is 18.0. The smallest absolute Gasteiger partial charge is 0.227 e. The predicted octanol–water partition coefficient (Wildman–Crippen LogP) is 2.74. The molecule has 1 aromatic rings. The van der Waals surface area contributed by atoms with Crippen LogP contribution in [0.1, 0.15) is 50.6 Å². The lowest BCUT2D eigenvalue weighted by Crippen LogP contribution is -2.37. The van der Waals surface area contributed by atoms with E-state index in [1.54, 1.807) is 20.4 Å². The molecule has 8 heteroatoms. The molecule has 1 aliphatic heterocycles. The minimum Gasteiger partial charge on any atom is -0.384 e. The van der Waals surface area contributed by atoms with Crippen LogP contribution in [0.15, 0.2) is 11.4 Å². The molecule has 29 heavy (non-hydrogen) atoms. The van der Waals surface area contributed by atoms with Gasteiger partial charge in [0.15, 0.2) is 0 Å². The summed E-state index contributed by atoms with van der Waals surface area (Å²) in [6.07, 6.45) is 9.62. The van der Waals surface area contributed by atoms with Crippen LogP contribution in [0.5, 0.6) is 0 Å². The molecule has 0 amide bonds. The van der Waals surface area contributed by atoms with Gasteiger partial charge in [-0.25, -0.2) is 13.4 Å². The van der Waals surface area contributed by atoms with Crippen molar-refractivity contribution in [3.05, 3.63) is 11.9 Å². The van der Waals surface area contributed by atoms with E-state index in [2.05, 4.69) is 9.88 Å². The van der Waals surface area contributed by atoms with Gasteiger partial charge >= 0.3 is 0 Å². The lowest BCUT2D eigenvalue weighted by molar-refractivity contribution is 0.0857. The molecule has 1 saturated carbocycles. The van der Waals surface area contributed by atoms with Crippen LogP contribution in [0.25, 0.3) is 0 Å². The summed E-state index contributed by atoms with van der Waals surface area (Å²) in [6.45, 7) is 4.49. The van der Waals surface area contributed by atoms with E-state index in [4.69, 9.17) is 9.47 Å². The summed E-state index contributed by atoms with van der Waals surface area (Å²) in [5, 5.41) is 0.223. The lowest BCUT2D eigenvalue weighted by Gasteiger charge is -2.32. The third-order valence-electron chi connectivity index (χ3n) is 6.27. The first-order valence-electron chi connectivity index (χ1n) is 11.0. The molecule has 0 radical (unpaired) electrons. The van der Waals surface area contributed by atoms with Gasteiger partial charge in [0.1, 0.15) is 0 Å². The second kappa shape index (κ2) is 10.9. The second-order valence-electron chi connectivity index (χ2n) is 8.66. The highest BCUT2D eigenvalue weighted by Crippen LogP contribution is 2.27. The van der Waals surface area contributed by atoms with Gasteiger partial charge in [-0.2, -0.15) is 0 Å². The Morgan fingerprint density at radius 3 is 2.55 bits per heavy atom. The predicted molar refractivity (Wildman–Crippen MR) is 113 cm³/mol. The molecule has 7 nitrogen and oxygen atoms in total. The van der Waals surface area contributed by atoms with Crippen LogP contribution in [-0.2, 0) is 32.4 Å². The highest BCUT2D eigenvalue weighted by atomic mass is 32.2. The van der Waals surface area contributed by atoms with Gasteiger partial charge in [-0.05, 0) is 44.1 Å². The molecule has 0 bridgehead atoms. The second-order valence-corrected chi connectivity index (χ2v) is 10.6. The van der Waals surface area contributed by atoms with Crippen LogP contribution in [0, 0.1) is 11.8 Å². The molecule has 2 heterocycles. The summed E-state index contributed by atoms with van der Waals surface area (Å²) >= 11 is 0. The van der Waals surface area contributed by atoms with E-state index in [9.17, 15) is 8.42 Å². The Bertz CT molecular complexity index is 726. The number of sulfone groups is 1. The Hall–Kier alpha value is -0.960. The molecule has 3 rings (SSSR count). The fourth-order valence-electron chi connectivity index (χ4n) is 4.82. The van der Waals surface area contributed by atoms with E-state index >= 15 is 0 Å². The topological polar surface area (TPSA) is 73.7 Å². The number of methoxy groups -OCH3 is 2. The van der Waals surface area contributed by atoms with E-state index in [0.29, 0.717) is 19.1 Å². The maximum Gasteiger partial charge on any atom is 0.227 e. The average molecular weight is 428 g/mol. The van der Waals surface area contributed by atoms with Gasteiger partial charge in [-0.15, -0.1) is 0 Å². The fraction of sp³-hybridized carbons (Fsp3) is 0.857. The summed E-state index contributed by atoms with van der Waals surface area (Å²) < 4.78 is 38.8. The third kappa shape index (κ3) is 6.26. The highest BCUT2D eigenvalue weighted by molar-refractivity contribution is 7.91. The van der Waals surface area contributed by atoms with Crippen LogP contribution in [-0.4, -0.2) is 69.1 Å². The van der Waals surface area contributed by atoms with Gasteiger partial charge in [0, 0.05) is 33.9 Å². The van der Waals surface area contributed by atoms with Crippen molar-refractivity contribution < 1.29 is 17.9 Å². The summed E-state index contributed by atoms with van der Waals surface area (Å²) in [6, 6.07) is 0. The van der Waals surface area contributed by atoms with Crippen LogP contribution >= 0.6 is 0 Å². The number of hydrogen-bond donors (Lipinski definition) is 0. The fourth-order valence-corrected chi connectivity index (χ4v) is 6.68. The van der Waals surface area contributed by atoms with Crippen LogP contribution in [0.4, 0.5) is 0 Å². The summed E-state index contributed by atoms with van der Waals surface area (Å²) in [7, 11) is -0.00474. The monoisotopic (exact) mass is 427 g/mol. The number of imidazole rings is 1. The first kappa shape index (κ1) is 22.7. The average Bonchev–Trinajstić information content (AvgIpc) is 3.11. The van der Waals surface area contributed by atoms with Crippen molar-refractivity contribution in [3.63, 3.8) is 0 Å². The van der Waals surface area contributed by atoms with Crippen molar-refractivity contribution in [1.29, 1.82) is 0 Å². The van der Waals surface area contributed by atoms with Gasteiger partial charge in [0.2, 0.25) is 15.0 Å². The molecule has 0 unspecified atom stereocenters. The highest BCUT2D eigenvalue weighted by Gasteiger charge is 2.29. The molecule has 2 fully saturated rings. The molecule has 166 valence electrons. The van der Waals surface area contributed by atoms with Crippen molar-refractivity contribution in [3.8, 4) is 0 Å². The maximum absolute atomic E-state index is 13.2. The zero-order valence-corrected chi connectivity index (χ0v) is 18.8. The number of likely N-dealkylation sites (tertiary alicyclic amines) is 1. The normalized spacial score (nSPS) is 22.2. The zero-order chi connectivity index (χ0) is 20.7. The minimum atomic E-state index is -3.40. The Balaban J connectivity index is 1.75. The Morgan fingerprint density at radius 2 is 1.83 bits per heavy atom. The first-order chi connectivity index (χ1) is 14.0. The number of hydrogen-bond acceptors (Lipinski definition) is 6. The number of aromatic nitrogens is 2. The molecule has 0 spiro atoms. The molecule has 2 aliphatic rings. The van der Waals surface area contributed by atoms with E-state index in [-0.39, 0.29) is 16.8 Å². The van der Waals surface area contributed by atoms with Gasteiger partial charge in [0.25, 0.3) is 0 Å². The van der Waals surface area contributed by atoms with Crippen LogP contribution < -0.4 is 0 Å². The quantitative estimate of drug-likeness (QED) is 0.572. The van der Waals surface area contributed by atoms with E-state index in [1.807, 2.05) is 4.57 Å². The number of rotatable bonds is 10. The van der Waals surface area contributed by atoms with Crippen molar-refractivity contribution in [2.75, 3.05) is 46.3 Å². The first-order valence-corrected chi connectivity index (χ1v) is 12.7. The van der Waals surface area contributed by atoms with E-state index in [0.717, 1.165) is 64.0 Å². The molecule has 0 aromatic carbocycles. The summed E-state index contributed by atoms with van der Waals surface area (Å²) in [5.41, 5.74) is 0.960. The third-order valence-corrected chi connectivity index (χ3v) is 8.06. The van der Waals surface area contributed by atoms with Crippen molar-refractivity contribution in [1.82, 2.24) is 14.5 Å². The van der Waals surface area contributed by atoms with E-state index in [1.165, 1.54) is 12.8 Å². The molecule has 1 saturated heterocycles. The molecule has 0 N–H and O–H groups in total. The van der Waals surface area contributed by atoms with Crippen molar-refractivity contribution in [2.24, 2.45) is 11.8 Å². The van der Waals surface area contributed by atoms with Crippen LogP contribution in [0.2, 0.25) is 0 Å². The standard InChI is InChI=1S/C21H37N3O4S/c1-27-12-11-24-20(15-23-10-6-9-19(14-23)16-28-2)13-22-21(24)29(25,26)17-18-7-4-3-5-8-18/h13,18-19H,3-12,14-17H2,1-2H3/t19-/m1/s1. The van der Waals surface area contributed by atoms with Crippen molar-refractivity contribution >= 4 is 9.84 Å². The van der Waals surface area contributed by atoms with E-state index < -0.39 is 9.84 Å². The van der Waals surface area contributed by atoms with Crippen LogP contribution in [0.3, 0.4) is 0 Å². The summed E-state index contributed by atoms with van der Waals surface area (Å²) in [5.74, 6) is 1.02. The molecule has 1 aromatic heterocycles. The maximum atomic E-state index is 13.2. The molecule has 1 atom stereocenters. The largest absolute Gasteiger partial charge is 0.384 e. The lowest BCUT2D eigenvalue weighted by atomic mass is 9.91. The number of ether oxygens (including phenoxy) is 2. The van der Waals surface area contributed by atoms with Gasteiger partial charge in [0.05, 0.1) is 30.9 Å². The molecule has 1 aliphatic carbocycles. The molecular formula is C21H37N3O4S. The Kier molecular flexibility index (Phi) is 8.53. The number of nitrogens with zero attached hydrogens (tertiary/aromatic N) is 3. The SMILES string of the molecule is COCCn1c(CN2CCC[C@@H](COC)C2)cnc1S(=O)(=O)CC1CCCCC1. The molecular weight excluding hydrogens is 390 g/mol. The van der Waals surface area contributed by atoms with Gasteiger partial charge in [-0.1, -0.05) is 19.3 Å². The minimum absolute atomic E-state index is 0.218. The Morgan fingerprint density at radius 1 is 1.07 bits per heavy atom.